The normalized spacial score (nSPS) is 15.6. The van der Waals surface area contributed by atoms with E-state index in [9.17, 15) is 9.90 Å². The van der Waals surface area contributed by atoms with Gasteiger partial charge in [0.25, 0.3) is 0 Å². The third kappa shape index (κ3) is 2.87. The lowest BCUT2D eigenvalue weighted by atomic mass is 9.85. The van der Waals surface area contributed by atoms with Gasteiger partial charge in [-0.15, -0.1) is 0 Å². The van der Waals surface area contributed by atoms with Crippen molar-refractivity contribution in [1.82, 2.24) is 0 Å². The maximum Gasteiger partial charge on any atom is 0.189 e. The van der Waals surface area contributed by atoms with Crippen LogP contribution in [-0.2, 0) is 6.42 Å². The largest absolute Gasteiger partial charge is 0.507 e. The van der Waals surface area contributed by atoms with Gasteiger partial charge in [0.1, 0.15) is 11.5 Å². The van der Waals surface area contributed by atoms with Gasteiger partial charge in [-0.2, -0.15) is 0 Å². The van der Waals surface area contributed by atoms with Crippen LogP contribution in [0, 0.1) is 13.8 Å². The van der Waals surface area contributed by atoms with Crippen molar-refractivity contribution in [2.45, 2.75) is 26.7 Å². The van der Waals surface area contributed by atoms with Crippen LogP contribution in [-0.4, -0.2) is 18.0 Å². The number of hydrogen-bond donors (Lipinski definition) is 1. The molecule has 3 rings (SSSR count). The van der Waals surface area contributed by atoms with E-state index in [0.29, 0.717) is 5.75 Å². The minimum atomic E-state index is 0.0808. The molecule has 23 heavy (non-hydrogen) atoms. The molecule has 1 aliphatic carbocycles. The maximum atomic E-state index is 12.7. The van der Waals surface area contributed by atoms with E-state index in [1.54, 1.807) is 7.11 Å². The predicted octanol–water partition coefficient (Wildman–Crippen LogP) is 4.23. The number of carbonyl (C=O) groups excluding carboxylic acids is 1. The van der Waals surface area contributed by atoms with Crippen LogP contribution in [0.2, 0.25) is 0 Å². The van der Waals surface area contributed by atoms with Gasteiger partial charge in [-0.1, -0.05) is 0 Å². The van der Waals surface area contributed by atoms with Gasteiger partial charge in [0.15, 0.2) is 5.78 Å². The highest BCUT2D eigenvalue weighted by atomic mass is 16.5. The number of ketones is 1. The summed E-state index contributed by atoms with van der Waals surface area (Å²) < 4.78 is 5.23. The van der Waals surface area contributed by atoms with E-state index in [1.807, 2.05) is 50.3 Å². The number of benzene rings is 2. The van der Waals surface area contributed by atoms with Gasteiger partial charge in [0, 0.05) is 11.1 Å². The summed E-state index contributed by atoms with van der Waals surface area (Å²) in [4.78, 5) is 12.7. The molecule has 0 radical (unpaired) electrons. The van der Waals surface area contributed by atoms with E-state index in [0.717, 1.165) is 52.0 Å². The van der Waals surface area contributed by atoms with Crippen LogP contribution in [0.4, 0.5) is 0 Å². The van der Waals surface area contributed by atoms with Gasteiger partial charge < -0.3 is 9.84 Å². The maximum absolute atomic E-state index is 12.7. The lowest BCUT2D eigenvalue weighted by Crippen LogP contribution is -2.14. The monoisotopic (exact) mass is 308 g/mol. The average molecular weight is 308 g/mol. The lowest BCUT2D eigenvalue weighted by Gasteiger charge is -2.18. The number of methoxy groups -OCH3 is 1. The van der Waals surface area contributed by atoms with Crippen molar-refractivity contribution < 1.29 is 14.6 Å². The van der Waals surface area contributed by atoms with Crippen LogP contribution in [0.25, 0.3) is 6.08 Å². The first-order valence-corrected chi connectivity index (χ1v) is 7.72. The van der Waals surface area contributed by atoms with Crippen LogP contribution in [0.3, 0.4) is 0 Å². The van der Waals surface area contributed by atoms with Crippen LogP contribution >= 0.6 is 0 Å². The molecule has 0 unspecified atom stereocenters. The van der Waals surface area contributed by atoms with E-state index in [-0.39, 0.29) is 5.78 Å². The summed E-state index contributed by atoms with van der Waals surface area (Å²) in [7, 11) is 1.63. The molecule has 0 fully saturated rings. The number of aromatic hydroxyl groups is 1. The first-order chi connectivity index (χ1) is 11.0. The number of carbonyl (C=O) groups is 1. The molecule has 0 amide bonds. The summed E-state index contributed by atoms with van der Waals surface area (Å²) in [5.74, 6) is 1.19. The van der Waals surface area contributed by atoms with Crippen molar-refractivity contribution >= 4 is 11.9 Å². The molecule has 1 aliphatic rings. The zero-order chi connectivity index (χ0) is 16.6. The smallest absolute Gasteiger partial charge is 0.189 e. The second kappa shape index (κ2) is 5.92. The van der Waals surface area contributed by atoms with Crippen LogP contribution in [0.1, 0.15) is 39.0 Å². The highest BCUT2D eigenvalue weighted by molar-refractivity contribution is 6.13. The Bertz CT molecular complexity index is 793. The van der Waals surface area contributed by atoms with Crippen LogP contribution in [0.5, 0.6) is 11.5 Å². The molecule has 2 aromatic carbocycles. The molecule has 3 nitrogen and oxygen atoms in total. The van der Waals surface area contributed by atoms with E-state index < -0.39 is 0 Å². The molecule has 0 atom stereocenters. The topological polar surface area (TPSA) is 46.5 Å². The number of allylic oxidation sites excluding steroid dienone is 1. The SMILES string of the molecule is COc1ccc2c(c1)CC/C(=C/c1cc(C)c(O)c(C)c1)C2=O. The molecule has 118 valence electrons. The van der Waals surface area contributed by atoms with Crippen molar-refractivity contribution in [3.8, 4) is 11.5 Å². The first-order valence-electron chi connectivity index (χ1n) is 7.72. The quantitative estimate of drug-likeness (QED) is 0.845. The molecule has 3 heteroatoms. The van der Waals surface area contributed by atoms with Crippen molar-refractivity contribution in [2.75, 3.05) is 7.11 Å². The highest BCUT2D eigenvalue weighted by Crippen LogP contribution is 2.30. The Balaban J connectivity index is 1.97. The molecule has 0 bridgehead atoms. The fourth-order valence-corrected chi connectivity index (χ4v) is 3.09. The summed E-state index contributed by atoms with van der Waals surface area (Å²) in [5.41, 5.74) is 5.22. The second-order valence-electron chi connectivity index (χ2n) is 6.03. The number of aryl methyl sites for hydroxylation is 3. The minimum Gasteiger partial charge on any atom is -0.507 e. The van der Waals surface area contributed by atoms with Crippen molar-refractivity contribution in [2.24, 2.45) is 0 Å². The van der Waals surface area contributed by atoms with Gasteiger partial charge in [-0.3, -0.25) is 4.79 Å². The standard InChI is InChI=1S/C20H20O3/c1-12-8-14(9-13(2)19(12)21)10-16-5-4-15-11-17(23-3)6-7-18(15)20(16)22/h6-11,21H,4-5H2,1-3H3/b16-10-. The summed E-state index contributed by atoms with van der Waals surface area (Å²) in [6.45, 7) is 3.74. The third-order valence-corrected chi connectivity index (χ3v) is 4.37. The number of phenols is 1. The molecule has 0 spiro atoms. The van der Waals surface area contributed by atoms with E-state index in [2.05, 4.69) is 0 Å². The summed E-state index contributed by atoms with van der Waals surface area (Å²) in [5, 5.41) is 9.87. The zero-order valence-electron chi connectivity index (χ0n) is 13.6. The van der Waals surface area contributed by atoms with Crippen molar-refractivity contribution in [3.63, 3.8) is 0 Å². The minimum absolute atomic E-state index is 0.0808. The number of fused-ring (bicyclic) bond motifs is 1. The average Bonchev–Trinajstić information content (AvgIpc) is 2.54. The van der Waals surface area contributed by atoms with E-state index in [1.165, 1.54) is 0 Å². The number of phenolic OH excluding ortho intramolecular Hbond substituents is 1. The van der Waals surface area contributed by atoms with Crippen LogP contribution < -0.4 is 4.74 Å². The zero-order valence-corrected chi connectivity index (χ0v) is 13.6. The van der Waals surface area contributed by atoms with E-state index in [4.69, 9.17) is 4.74 Å². The van der Waals surface area contributed by atoms with Crippen molar-refractivity contribution in [1.29, 1.82) is 0 Å². The van der Waals surface area contributed by atoms with E-state index >= 15 is 0 Å². The molecular formula is C20H20O3. The molecular weight excluding hydrogens is 288 g/mol. The van der Waals surface area contributed by atoms with Gasteiger partial charge >= 0.3 is 0 Å². The highest BCUT2D eigenvalue weighted by Gasteiger charge is 2.22. The number of rotatable bonds is 2. The van der Waals surface area contributed by atoms with Crippen LogP contribution in [0.15, 0.2) is 35.9 Å². The summed E-state index contributed by atoms with van der Waals surface area (Å²) in [6.07, 6.45) is 3.49. The van der Waals surface area contributed by atoms with Gasteiger partial charge in [-0.05, 0) is 85.4 Å². The van der Waals surface area contributed by atoms with Gasteiger partial charge in [-0.25, -0.2) is 0 Å². The Morgan fingerprint density at radius 2 is 1.78 bits per heavy atom. The molecule has 2 aromatic rings. The number of ether oxygens (including phenoxy) is 1. The predicted molar refractivity (Wildman–Crippen MR) is 91.2 cm³/mol. The Labute approximate surface area is 136 Å². The molecule has 0 aliphatic heterocycles. The fraction of sp³-hybridized carbons (Fsp3) is 0.250. The number of hydrogen-bond acceptors (Lipinski definition) is 3. The second-order valence-corrected chi connectivity index (χ2v) is 6.03. The Morgan fingerprint density at radius 1 is 1.09 bits per heavy atom. The molecule has 0 saturated carbocycles. The molecule has 1 N–H and O–H groups in total. The molecule has 0 aromatic heterocycles. The molecule has 0 heterocycles. The van der Waals surface area contributed by atoms with Gasteiger partial charge in [0.2, 0.25) is 0 Å². The lowest BCUT2D eigenvalue weighted by molar-refractivity contribution is 0.102. The van der Waals surface area contributed by atoms with Crippen molar-refractivity contribution in [3.05, 3.63) is 63.7 Å². The summed E-state index contributed by atoms with van der Waals surface area (Å²) >= 11 is 0. The Kier molecular flexibility index (Phi) is 3.95. The Hall–Kier alpha value is -2.55. The first kappa shape index (κ1) is 15.3. The number of Topliss-reactive ketones (excluding diaryl/α,β-unsaturated/α-hetero) is 1. The molecule has 0 saturated heterocycles. The van der Waals surface area contributed by atoms with Gasteiger partial charge in [0.05, 0.1) is 7.11 Å². The summed E-state index contributed by atoms with van der Waals surface area (Å²) in [6, 6.07) is 9.43. The fourth-order valence-electron chi connectivity index (χ4n) is 3.09. The third-order valence-electron chi connectivity index (χ3n) is 4.37. The Morgan fingerprint density at radius 3 is 2.43 bits per heavy atom.